The van der Waals surface area contributed by atoms with Crippen LogP contribution < -0.4 is 16.2 Å². The first-order valence-electron chi connectivity index (χ1n) is 13.0. The van der Waals surface area contributed by atoms with Crippen LogP contribution in [0.4, 0.5) is 0 Å². The summed E-state index contributed by atoms with van der Waals surface area (Å²) in [4.78, 5) is 20.0. The molecule has 3 aromatic carbocycles. The first-order chi connectivity index (χ1) is 18.5. The molecule has 8 heteroatoms. The maximum absolute atomic E-state index is 13.8. The molecule has 1 aliphatic heterocycles. The summed E-state index contributed by atoms with van der Waals surface area (Å²) in [6.07, 6.45) is 4.91. The number of amides is 1. The number of amidine groups is 1. The van der Waals surface area contributed by atoms with E-state index < -0.39 is 6.04 Å². The van der Waals surface area contributed by atoms with Gasteiger partial charge in [-0.1, -0.05) is 36.4 Å². The van der Waals surface area contributed by atoms with Gasteiger partial charge in [-0.15, -0.1) is 0 Å². The molecule has 0 saturated carbocycles. The number of carbonyl (C=O) groups excluding carboxylic acids is 1. The minimum Gasteiger partial charge on any atom is -0.384 e. The van der Waals surface area contributed by atoms with E-state index in [1.54, 1.807) is 6.07 Å². The Morgan fingerprint density at radius 1 is 1.05 bits per heavy atom. The summed E-state index contributed by atoms with van der Waals surface area (Å²) in [7, 11) is 0. The number of H-pyrrole nitrogens is 1. The van der Waals surface area contributed by atoms with Gasteiger partial charge in [0.05, 0.1) is 0 Å². The quantitative estimate of drug-likeness (QED) is 0.119. The Balaban J connectivity index is 1.36. The molecule has 1 aliphatic rings. The average molecular weight is 527 g/mol. The Bertz CT molecular complexity index is 1430. The van der Waals surface area contributed by atoms with Crippen LogP contribution in [0.2, 0.25) is 0 Å². The second-order valence-electron chi connectivity index (χ2n) is 9.85. The largest absolute Gasteiger partial charge is 0.384 e. The van der Waals surface area contributed by atoms with Crippen molar-refractivity contribution in [2.75, 3.05) is 19.6 Å². The van der Waals surface area contributed by atoms with Crippen LogP contribution >= 0.6 is 11.9 Å². The number of aromatic nitrogens is 1. The number of benzene rings is 3. The van der Waals surface area contributed by atoms with Gasteiger partial charge in [0, 0.05) is 35.3 Å². The van der Waals surface area contributed by atoms with E-state index in [-0.39, 0.29) is 11.7 Å². The van der Waals surface area contributed by atoms with Crippen LogP contribution in [0.15, 0.2) is 83.9 Å². The molecule has 0 bridgehead atoms. The number of nitrogens with zero attached hydrogens (tertiary/aromatic N) is 1. The topological polar surface area (TPSA) is 124 Å². The maximum Gasteiger partial charge on any atom is 0.245 e. The second kappa shape index (κ2) is 11.9. The lowest BCUT2D eigenvalue weighted by Gasteiger charge is -2.34. The number of aromatic amines is 1. The molecule has 1 fully saturated rings. The molecule has 0 spiro atoms. The molecular formula is C30H34N6OS. The van der Waals surface area contributed by atoms with Crippen LogP contribution in [0, 0.1) is 11.3 Å². The number of nitrogens with one attached hydrogen (secondary N) is 3. The Hall–Kier alpha value is -3.59. The predicted octanol–water partition coefficient (Wildman–Crippen LogP) is 5.04. The van der Waals surface area contributed by atoms with Crippen molar-refractivity contribution in [3.63, 3.8) is 0 Å². The molecule has 1 saturated heterocycles. The van der Waals surface area contributed by atoms with Gasteiger partial charge in [0.25, 0.3) is 0 Å². The number of fused-ring (bicyclic) bond motifs is 1. The second-order valence-corrected chi connectivity index (χ2v) is 10.8. The number of piperidine rings is 1. The molecule has 196 valence electrons. The van der Waals surface area contributed by atoms with Crippen molar-refractivity contribution in [1.29, 1.82) is 5.41 Å². The molecule has 1 aromatic heterocycles. The summed E-state index contributed by atoms with van der Waals surface area (Å²) in [6.45, 7) is 2.15. The van der Waals surface area contributed by atoms with Gasteiger partial charge < -0.3 is 21.4 Å². The van der Waals surface area contributed by atoms with Crippen LogP contribution in [0.1, 0.15) is 36.4 Å². The number of hydrogen-bond donors (Lipinski definition) is 5. The maximum atomic E-state index is 13.8. The molecule has 5 rings (SSSR count). The summed E-state index contributed by atoms with van der Waals surface area (Å²) >= 11 is 1.45. The summed E-state index contributed by atoms with van der Waals surface area (Å²) in [6, 6.07) is 23.6. The van der Waals surface area contributed by atoms with Crippen molar-refractivity contribution < 1.29 is 4.79 Å². The van der Waals surface area contributed by atoms with Crippen molar-refractivity contribution in [3.8, 4) is 11.1 Å². The standard InChI is InChI=1S/C30H34N6OS/c31-13-9-20-11-15-36(16-12-20)30(37)28(24-4-1-5-25(18-24)29(32)33)35-38-26-6-2-3-21(19-26)22-7-8-27-23(17-22)10-14-34-27/h1-8,10,14,17-20,28,34-35H,9,11-13,15-16,31H2,(H3,32,33). The van der Waals surface area contributed by atoms with Gasteiger partial charge in [-0.05, 0) is 102 Å². The highest BCUT2D eigenvalue weighted by atomic mass is 32.2. The van der Waals surface area contributed by atoms with E-state index in [1.165, 1.54) is 17.3 Å². The van der Waals surface area contributed by atoms with Gasteiger partial charge in [-0.25, -0.2) is 4.72 Å². The van der Waals surface area contributed by atoms with Gasteiger partial charge in [0.1, 0.15) is 11.9 Å². The lowest BCUT2D eigenvalue weighted by molar-refractivity contribution is -0.134. The van der Waals surface area contributed by atoms with E-state index in [0.29, 0.717) is 18.0 Å². The molecule has 1 atom stereocenters. The molecular weight excluding hydrogens is 492 g/mol. The van der Waals surface area contributed by atoms with Gasteiger partial charge in [-0.3, -0.25) is 10.2 Å². The first kappa shape index (κ1) is 26.0. The fourth-order valence-corrected chi connectivity index (χ4v) is 5.93. The molecule has 0 radical (unpaired) electrons. The fraction of sp³-hybridized carbons (Fsp3) is 0.267. The molecule has 7 N–H and O–H groups in total. The van der Waals surface area contributed by atoms with Crippen molar-refractivity contribution in [3.05, 3.63) is 90.1 Å². The third-order valence-electron chi connectivity index (χ3n) is 7.29. The number of likely N-dealkylation sites (tertiary alicyclic amines) is 1. The van der Waals surface area contributed by atoms with Crippen molar-refractivity contribution in [1.82, 2.24) is 14.6 Å². The van der Waals surface area contributed by atoms with E-state index >= 15 is 0 Å². The van der Waals surface area contributed by atoms with E-state index in [9.17, 15) is 4.79 Å². The third-order valence-corrected chi connectivity index (χ3v) is 8.14. The van der Waals surface area contributed by atoms with Crippen molar-refractivity contribution >= 4 is 34.6 Å². The SMILES string of the molecule is N=C(N)c1cccc(C(NSc2cccc(-c3ccc4[nH]ccc4c3)c2)C(=O)N2CCC(CCN)CC2)c1. The molecule has 38 heavy (non-hydrogen) atoms. The highest BCUT2D eigenvalue weighted by Crippen LogP contribution is 2.30. The smallest absolute Gasteiger partial charge is 0.245 e. The van der Waals surface area contributed by atoms with Crippen LogP contribution in [-0.2, 0) is 4.79 Å². The minimum atomic E-state index is -0.565. The first-order valence-corrected chi connectivity index (χ1v) is 13.9. The van der Waals surface area contributed by atoms with Crippen LogP contribution in [-0.4, -0.2) is 41.3 Å². The summed E-state index contributed by atoms with van der Waals surface area (Å²) in [5, 5.41) is 9.04. The molecule has 0 aliphatic carbocycles. The number of nitrogens with two attached hydrogens (primary N) is 2. The minimum absolute atomic E-state index is 0.0135. The molecule has 7 nitrogen and oxygen atoms in total. The van der Waals surface area contributed by atoms with Crippen LogP contribution in [0.5, 0.6) is 0 Å². The normalized spacial score (nSPS) is 15.0. The van der Waals surface area contributed by atoms with E-state index in [0.717, 1.165) is 59.5 Å². The zero-order valence-corrected chi connectivity index (χ0v) is 22.1. The lowest BCUT2D eigenvalue weighted by Crippen LogP contribution is -2.44. The molecule has 1 amide bonds. The average Bonchev–Trinajstić information content (AvgIpc) is 3.42. The monoisotopic (exact) mass is 526 g/mol. The Labute approximate surface area is 227 Å². The predicted molar refractivity (Wildman–Crippen MR) is 156 cm³/mol. The van der Waals surface area contributed by atoms with Gasteiger partial charge in [0.15, 0.2) is 0 Å². The number of rotatable bonds is 9. The summed E-state index contributed by atoms with van der Waals surface area (Å²) < 4.78 is 3.45. The Kier molecular flexibility index (Phi) is 8.12. The highest BCUT2D eigenvalue weighted by molar-refractivity contribution is 7.97. The molecule has 4 aromatic rings. The van der Waals surface area contributed by atoms with Crippen LogP contribution in [0.3, 0.4) is 0 Å². The van der Waals surface area contributed by atoms with Gasteiger partial charge >= 0.3 is 0 Å². The lowest BCUT2D eigenvalue weighted by atomic mass is 9.93. The number of hydrogen-bond acceptors (Lipinski definition) is 5. The Morgan fingerprint density at radius 2 is 1.84 bits per heavy atom. The summed E-state index contributed by atoms with van der Waals surface area (Å²) in [5.74, 6) is 0.609. The van der Waals surface area contributed by atoms with E-state index in [2.05, 4.69) is 46.1 Å². The van der Waals surface area contributed by atoms with Crippen molar-refractivity contribution in [2.45, 2.75) is 30.2 Å². The third kappa shape index (κ3) is 5.93. The van der Waals surface area contributed by atoms with E-state index in [4.69, 9.17) is 16.9 Å². The van der Waals surface area contributed by atoms with E-state index in [1.807, 2.05) is 41.4 Å². The number of nitrogen functional groups attached to an aromatic ring is 1. The summed E-state index contributed by atoms with van der Waals surface area (Å²) in [5.41, 5.74) is 16.3. The zero-order chi connectivity index (χ0) is 26.5. The fourth-order valence-electron chi connectivity index (χ4n) is 5.11. The Morgan fingerprint density at radius 3 is 2.63 bits per heavy atom. The van der Waals surface area contributed by atoms with Crippen LogP contribution in [0.25, 0.3) is 22.0 Å². The van der Waals surface area contributed by atoms with Crippen molar-refractivity contribution in [2.24, 2.45) is 17.4 Å². The zero-order valence-electron chi connectivity index (χ0n) is 21.3. The van der Waals surface area contributed by atoms with Gasteiger partial charge in [0.2, 0.25) is 5.91 Å². The highest BCUT2D eigenvalue weighted by Gasteiger charge is 2.29. The number of carbonyl (C=O) groups is 1. The van der Waals surface area contributed by atoms with Gasteiger partial charge in [-0.2, -0.15) is 0 Å². The molecule has 2 heterocycles. The molecule has 1 unspecified atom stereocenters.